The molecule has 7 nitrogen and oxygen atoms in total. The van der Waals surface area contributed by atoms with Crippen LogP contribution < -0.4 is 4.90 Å². The van der Waals surface area contributed by atoms with Crippen LogP contribution in [0, 0.1) is 0 Å². The van der Waals surface area contributed by atoms with Crippen LogP contribution in [0.15, 0.2) is 30.6 Å². The zero-order chi connectivity index (χ0) is 19.1. The van der Waals surface area contributed by atoms with Crippen LogP contribution in [0.1, 0.15) is 33.9 Å². The highest BCUT2D eigenvalue weighted by Gasteiger charge is 2.30. The maximum Gasteiger partial charge on any atom is 0.278 e. The molecule has 1 aliphatic heterocycles. The van der Waals surface area contributed by atoms with Crippen molar-refractivity contribution in [1.82, 2.24) is 19.7 Å². The number of ether oxygens (including phenoxy) is 1. The summed E-state index contributed by atoms with van der Waals surface area (Å²) >= 11 is 1.60. The van der Waals surface area contributed by atoms with Crippen molar-refractivity contribution in [3.63, 3.8) is 0 Å². The molecule has 1 aliphatic carbocycles. The molecule has 4 heterocycles. The van der Waals surface area contributed by atoms with Crippen molar-refractivity contribution < 1.29 is 9.53 Å². The van der Waals surface area contributed by atoms with Crippen LogP contribution in [0.3, 0.4) is 0 Å². The Bertz CT molecular complexity index is 1010. The Morgan fingerprint density at radius 3 is 3.11 bits per heavy atom. The van der Waals surface area contributed by atoms with Gasteiger partial charge in [0, 0.05) is 36.0 Å². The van der Waals surface area contributed by atoms with Gasteiger partial charge in [-0.05, 0) is 37.8 Å². The summed E-state index contributed by atoms with van der Waals surface area (Å²) in [5, 5.41) is 5.10. The quantitative estimate of drug-likeness (QED) is 0.679. The monoisotopic (exact) mass is 395 g/mol. The fraction of sp³-hybridized carbons (Fsp3) is 0.400. The Balaban J connectivity index is 1.53. The van der Waals surface area contributed by atoms with E-state index in [1.165, 1.54) is 10.6 Å². The molecular weight excluding hydrogens is 374 g/mol. The molecule has 0 bridgehead atoms. The van der Waals surface area contributed by atoms with E-state index in [2.05, 4.69) is 10.1 Å². The maximum absolute atomic E-state index is 13.3. The van der Waals surface area contributed by atoms with Gasteiger partial charge in [-0.2, -0.15) is 5.10 Å². The predicted octanol–water partition coefficient (Wildman–Crippen LogP) is 2.86. The number of amides is 1. The lowest BCUT2D eigenvalue weighted by molar-refractivity contribution is 0.0913. The third kappa shape index (κ3) is 3.02. The zero-order valence-electron chi connectivity index (χ0n) is 15.7. The van der Waals surface area contributed by atoms with Gasteiger partial charge in [0.15, 0.2) is 5.13 Å². The molecule has 0 saturated carbocycles. The average Bonchev–Trinajstić information content (AvgIpc) is 3.46. The minimum Gasteiger partial charge on any atom is -0.376 e. The molecule has 0 unspecified atom stereocenters. The van der Waals surface area contributed by atoms with Gasteiger partial charge in [-0.3, -0.25) is 19.4 Å². The fourth-order valence-electron chi connectivity index (χ4n) is 3.89. The molecule has 1 fully saturated rings. The molecule has 0 aromatic carbocycles. The SMILES string of the molecule is Cn1ncc2c1CCc1sc(N(C[C@@H]3CCCO3)C(=O)c3ccccn3)nc1-2. The Hall–Kier alpha value is -2.58. The standard InChI is InChI=1S/C20H21N5O2S/c1-24-16-7-8-17-18(14(16)11-22-24)23-20(28-17)25(12-13-5-4-10-27-13)19(26)15-6-2-3-9-21-15/h2-3,6,9,11,13H,4-5,7-8,10,12H2,1H3/t13-/m0/s1. The number of carbonyl (C=O) groups excluding carboxylic acids is 1. The second kappa shape index (κ2) is 7.10. The summed E-state index contributed by atoms with van der Waals surface area (Å²) in [5.74, 6) is -0.131. The minimum absolute atomic E-state index is 0.0440. The van der Waals surface area contributed by atoms with Crippen molar-refractivity contribution in [2.75, 3.05) is 18.1 Å². The number of aromatic nitrogens is 4. The molecule has 3 aromatic heterocycles. The van der Waals surface area contributed by atoms with Crippen LogP contribution in [0.2, 0.25) is 0 Å². The number of rotatable bonds is 4. The Labute approximate surface area is 167 Å². The van der Waals surface area contributed by atoms with E-state index in [9.17, 15) is 4.79 Å². The smallest absolute Gasteiger partial charge is 0.278 e. The fourth-order valence-corrected chi connectivity index (χ4v) is 4.97. The molecule has 1 atom stereocenters. The van der Waals surface area contributed by atoms with E-state index in [0.717, 1.165) is 43.5 Å². The van der Waals surface area contributed by atoms with E-state index in [-0.39, 0.29) is 12.0 Å². The summed E-state index contributed by atoms with van der Waals surface area (Å²) < 4.78 is 7.72. The van der Waals surface area contributed by atoms with Gasteiger partial charge in [-0.15, -0.1) is 11.3 Å². The Morgan fingerprint density at radius 1 is 1.39 bits per heavy atom. The highest BCUT2D eigenvalue weighted by Crippen LogP contribution is 2.39. The highest BCUT2D eigenvalue weighted by molar-refractivity contribution is 7.16. The van der Waals surface area contributed by atoms with Crippen LogP contribution in [-0.2, 0) is 24.6 Å². The van der Waals surface area contributed by atoms with Crippen molar-refractivity contribution in [2.45, 2.75) is 31.8 Å². The van der Waals surface area contributed by atoms with Gasteiger partial charge in [-0.1, -0.05) is 6.07 Å². The molecule has 144 valence electrons. The second-order valence-corrected chi connectivity index (χ2v) is 8.22. The third-order valence-electron chi connectivity index (χ3n) is 5.36. The first-order valence-corrected chi connectivity index (χ1v) is 10.4. The number of nitrogens with zero attached hydrogens (tertiary/aromatic N) is 5. The lowest BCUT2D eigenvalue weighted by Gasteiger charge is -2.22. The third-order valence-corrected chi connectivity index (χ3v) is 6.50. The molecule has 1 amide bonds. The van der Waals surface area contributed by atoms with Crippen LogP contribution in [-0.4, -0.2) is 44.9 Å². The summed E-state index contributed by atoms with van der Waals surface area (Å²) in [7, 11) is 1.96. The predicted molar refractivity (Wildman–Crippen MR) is 107 cm³/mol. The van der Waals surface area contributed by atoms with Crippen LogP contribution in [0.4, 0.5) is 5.13 Å². The van der Waals surface area contributed by atoms with E-state index < -0.39 is 0 Å². The van der Waals surface area contributed by atoms with Crippen molar-refractivity contribution in [2.24, 2.45) is 7.05 Å². The summed E-state index contributed by atoms with van der Waals surface area (Å²) in [6.07, 6.45) is 7.43. The highest BCUT2D eigenvalue weighted by atomic mass is 32.1. The lowest BCUT2D eigenvalue weighted by Crippen LogP contribution is -2.37. The van der Waals surface area contributed by atoms with E-state index in [1.807, 2.05) is 30.1 Å². The molecule has 0 N–H and O–H groups in total. The summed E-state index contributed by atoms with van der Waals surface area (Å²) in [6, 6.07) is 5.39. The minimum atomic E-state index is -0.131. The summed E-state index contributed by atoms with van der Waals surface area (Å²) in [6.45, 7) is 1.26. The van der Waals surface area contributed by atoms with Gasteiger partial charge in [-0.25, -0.2) is 4.98 Å². The lowest BCUT2D eigenvalue weighted by atomic mass is 10.0. The normalized spacial score (nSPS) is 18.0. The van der Waals surface area contributed by atoms with Crippen molar-refractivity contribution in [3.8, 4) is 11.3 Å². The molecule has 5 rings (SSSR count). The number of hydrogen-bond donors (Lipinski definition) is 0. The number of aryl methyl sites for hydroxylation is 2. The topological polar surface area (TPSA) is 73.1 Å². The van der Waals surface area contributed by atoms with Crippen molar-refractivity contribution >= 4 is 22.4 Å². The van der Waals surface area contributed by atoms with Crippen LogP contribution in [0.25, 0.3) is 11.3 Å². The maximum atomic E-state index is 13.3. The van der Waals surface area contributed by atoms with Gasteiger partial charge in [0.1, 0.15) is 5.69 Å². The number of carbonyl (C=O) groups is 1. The average molecular weight is 395 g/mol. The largest absolute Gasteiger partial charge is 0.376 e. The van der Waals surface area contributed by atoms with E-state index in [0.29, 0.717) is 17.4 Å². The Morgan fingerprint density at radius 2 is 2.32 bits per heavy atom. The van der Waals surface area contributed by atoms with E-state index in [1.54, 1.807) is 28.5 Å². The van der Waals surface area contributed by atoms with Crippen molar-refractivity contribution in [1.29, 1.82) is 0 Å². The molecule has 0 spiro atoms. The second-order valence-electron chi connectivity index (χ2n) is 7.16. The van der Waals surface area contributed by atoms with Crippen LogP contribution in [0.5, 0.6) is 0 Å². The first-order valence-electron chi connectivity index (χ1n) is 9.56. The van der Waals surface area contributed by atoms with Crippen molar-refractivity contribution in [3.05, 3.63) is 46.9 Å². The first kappa shape index (κ1) is 17.5. The number of pyridine rings is 1. The van der Waals surface area contributed by atoms with Crippen LogP contribution >= 0.6 is 11.3 Å². The number of thiazole rings is 1. The van der Waals surface area contributed by atoms with Gasteiger partial charge < -0.3 is 4.74 Å². The first-order chi connectivity index (χ1) is 13.7. The molecule has 28 heavy (non-hydrogen) atoms. The van der Waals surface area contributed by atoms with Gasteiger partial charge in [0.25, 0.3) is 5.91 Å². The number of fused-ring (bicyclic) bond motifs is 3. The van der Waals surface area contributed by atoms with Gasteiger partial charge in [0.2, 0.25) is 0 Å². The summed E-state index contributed by atoms with van der Waals surface area (Å²) in [5.41, 5.74) is 3.66. The molecule has 1 saturated heterocycles. The van der Waals surface area contributed by atoms with E-state index >= 15 is 0 Å². The van der Waals surface area contributed by atoms with Gasteiger partial charge >= 0.3 is 0 Å². The van der Waals surface area contributed by atoms with Gasteiger partial charge in [0.05, 0.1) is 24.5 Å². The summed E-state index contributed by atoms with van der Waals surface area (Å²) in [4.78, 5) is 25.3. The molecule has 8 heteroatoms. The molecule has 2 aliphatic rings. The zero-order valence-corrected chi connectivity index (χ0v) is 16.5. The molecular formula is C20H21N5O2S. The molecule has 0 radical (unpaired) electrons. The number of anilines is 1. The number of hydrogen-bond acceptors (Lipinski definition) is 6. The Kier molecular flexibility index (Phi) is 4.44. The molecule has 3 aromatic rings. The van der Waals surface area contributed by atoms with E-state index in [4.69, 9.17) is 9.72 Å².